The minimum absolute atomic E-state index is 0.133. The standard InChI is InChI=1S/C24H26F3N5O4/c1-3-36-17-5-4-14(24(25,26)27)10-16(17)20-22-21(29-12-28-20)19(13(2)30-22)23(35)31-15-6-8-32(9-7-15)18(34)11-33/h4-5,10,12,15,30,33H,3,6-9,11H2,1-2H3,(H,31,35). The number of hydrogen-bond acceptors (Lipinski definition) is 6. The van der Waals surface area contributed by atoms with E-state index in [4.69, 9.17) is 9.84 Å². The number of amides is 2. The number of aryl methyl sites for hydroxylation is 1. The Hall–Kier alpha value is -3.67. The van der Waals surface area contributed by atoms with Crippen molar-refractivity contribution in [1.29, 1.82) is 0 Å². The van der Waals surface area contributed by atoms with E-state index >= 15 is 0 Å². The first-order chi connectivity index (χ1) is 17.1. The normalized spacial score (nSPS) is 14.8. The minimum atomic E-state index is -4.56. The number of piperidine rings is 1. The fourth-order valence-electron chi connectivity index (χ4n) is 4.41. The van der Waals surface area contributed by atoms with Crippen LogP contribution in [-0.2, 0) is 11.0 Å². The van der Waals surface area contributed by atoms with Gasteiger partial charge in [-0.25, -0.2) is 9.97 Å². The number of aromatic amines is 1. The third kappa shape index (κ3) is 4.99. The highest BCUT2D eigenvalue weighted by Gasteiger charge is 2.32. The molecule has 3 heterocycles. The van der Waals surface area contributed by atoms with Crippen LogP contribution in [0.4, 0.5) is 13.2 Å². The van der Waals surface area contributed by atoms with Crippen LogP contribution in [0.3, 0.4) is 0 Å². The first-order valence-corrected chi connectivity index (χ1v) is 11.5. The van der Waals surface area contributed by atoms with Crippen molar-refractivity contribution in [2.24, 2.45) is 0 Å². The molecule has 192 valence electrons. The molecular formula is C24H26F3N5O4. The zero-order valence-electron chi connectivity index (χ0n) is 19.8. The lowest BCUT2D eigenvalue weighted by Gasteiger charge is -2.32. The van der Waals surface area contributed by atoms with Gasteiger partial charge in [-0.3, -0.25) is 9.59 Å². The van der Waals surface area contributed by atoms with E-state index in [0.717, 1.165) is 12.1 Å². The number of hydrogen-bond donors (Lipinski definition) is 3. The second kappa shape index (κ2) is 10.1. The smallest absolute Gasteiger partial charge is 0.416 e. The number of aliphatic hydroxyl groups is 1. The number of alkyl halides is 3. The van der Waals surface area contributed by atoms with Crippen LogP contribution in [0.15, 0.2) is 24.5 Å². The van der Waals surface area contributed by atoms with Crippen LogP contribution in [0, 0.1) is 6.92 Å². The molecule has 0 atom stereocenters. The molecule has 0 saturated carbocycles. The number of rotatable bonds is 6. The van der Waals surface area contributed by atoms with Gasteiger partial charge in [-0.15, -0.1) is 0 Å². The predicted molar refractivity (Wildman–Crippen MR) is 124 cm³/mol. The van der Waals surface area contributed by atoms with E-state index in [2.05, 4.69) is 20.3 Å². The highest BCUT2D eigenvalue weighted by Crippen LogP contribution is 2.39. The molecule has 9 nitrogen and oxygen atoms in total. The molecule has 0 aliphatic carbocycles. The molecule has 2 amide bonds. The second-order valence-corrected chi connectivity index (χ2v) is 8.50. The van der Waals surface area contributed by atoms with Crippen LogP contribution in [0.2, 0.25) is 0 Å². The van der Waals surface area contributed by atoms with Crippen molar-refractivity contribution in [3.63, 3.8) is 0 Å². The van der Waals surface area contributed by atoms with E-state index in [1.54, 1.807) is 18.7 Å². The molecule has 36 heavy (non-hydrogen) atoms. The van der Waals surface area contributed by atoms with E-state index in [9.17, 15) is 22.8 Å². The lowest BCUT2D eigenvalue weighted by molar-refractivity contribution is -0.137. The average molecular weight is 505 g/mol. The number of fused-ring (bicyclic) bond motifs is 1. The molecule has 3 N–H and O–H groups in total. The summed E-state index contributed by atoms with van der Waals surface area (Å²) in [5.74, 6) is -0.505. The number of nitrogens with one attached hydrogen (secondary N) is 2. The summed E-state index contributed by atoms with van der Waals surface area (Å²) in [5, 5.41) is 12.0. The number of likely N-dealkylation sites (tertiary alicyclic amines) is 1. The Kier molecular flexibility index (Phi) is 7.16. The Labute approximate surface area is 204 Å². The number of nitrogens with zero attached hydrogens (tertiary/aromatic N) is 3. The van der Waals surface area contributed by atoms with Crippen molar-refractivity contribution in [3.8, 4) is 17.0 Å². The third-order valence-electron chi connectivity index (χ3n) is 6.18. The molecule has 1 fully saturated rings. The molecule has 4 rings (SSSR count). The van der Waals surface area contributed by atoms with Crippen molar-refractivity contribution in [1.82, 2.24) is 25.2 Å². The summed E-state index contributed by atoms with van der Waals surface area (Å²) in [4.78, 5) is 37.9. The summed E-state index contributed by atoms with van der Waals surface area (Å²) in [5.41, 5.74) is 0.835. The van der Waals surface area contributed by atoms with Gasteiger partial charge in [0.15, 0.2) is 0 Å². The van der Waals surface area contributed by atoms with Crippen molar-refractivity contribution in [2.45, 2.75) is 38.9 Å². The zero-order chi connectivity index (χ0) is 26.0. The van der Waals surface area contributed by atoms with Gasteiger partial charge < -0.3 is 25.0 Å². The molecule has 1 saturated heterocycles. The maximum atomic E-state index is 13.4. The van der Waals surface area contributed by atoms with Crippen molar-refractivity contribution >= 4 is 22.8 Å². The number of carbonyl (C=O) groups excluding carboxylic acids is 2. The van der Waals surface area contributed by atoms with Crippen LogP contribution in [0.5, 0.6) is 5.75 Å². The van der Waals surface area contributed by atoms with Gasteiger partial charge in [0.2, 0.25) is 5.91 Å². The van der Waals surface area contributed by atoms with Gasteiger partial charge in [-0.05, 0) is 44.9 Å². The van der Waals surface area contributed by atoms with Crippen LogP contribution < -0.4 is 10.1 Å². The Bertz CT molecular complexity index is 1280. The van der Waals surface area contributed by atoms with E-state index in [1.807, 2.05) is 0 Å². The summed E-state index contributed by atoms with van der Waals surface area (Å²) in [6.45, 7) is 3.93. The summed E-state index contributed by atoms with van der Waals surface area (Å²) >= 11 is 0. The summed E-state index contributed by atoms with van der Waals surface area (Å²) in [7, 11) is 0. The number of benzene rings is 1. The molecule has 1 aliphatic heterocycles. The number of halogens is 3. The van der Waals surface area contributed by atoms with E-state index < -0.39 is 18.3 Å². The molecule has 0 radical (unpaired) electrons. The number of H-pyrrole nitrogens is 1. The van der Waals surface area contributed by atoms with Gasteiger partial charge in [-0.1, -0.05) is 0 Å². The topological polar surface area (TPSA) is 120 Å². The Morgan fingerprint density at radius 3 is 2.61 bits per heavy atom. The first-order valence-electron chi connectivity index (χ1n) is 11.5. The SMILES string of the molecule is CCOc1ccc(C(F)(F)F)cc1-c1ncnc2c(C(=O)NC3CCN(C(=O)CO)CC3)c(C)[nH]c12. The third-order valence-corrected chi connectivity index (χ3v) is 6.18. The Morgan fingerprint density at radius 2 is 1.97 bits per heavy atom. The van der Waals surface area contributed by atoms with Crippen molar-refractivity contribution in [3.05, 3.63) is 41.3 Å². The maximum absolute atomic E-state index is 13.4. The molecule has 12 heteroatoms. The monoisotopic (exact) mass is 505 g/mol. The number of aromatic nitrogens is 3. The fraction of sp³-hybridized carbons (Fsp3) is 0.417. The van der Waals surface area contributed by atoms with Crippen LogP contribution in [-0.4, -0.2) is 69.1 Å². The van der Waals surface area contributed by atoms with Crippen LogP contribution in [0.1, 0.15) is 41.4 Å². The lowest BCUT2D eigenvalue weighted by Crippen LogP contribution is -2.47. The lowest BCUT2D eigenvalue weighted by atomic mass is 10.0. The molecule has 1 aromatic carbocycles. The quantitative estimate of drug-likeness (QED) is 0.474. The molecule has 0 spiro atoms. The molecule has 3 aromatic rings. The van der Waals surface area contributed by atoms with Crippen molar-refractivity contribution < 1.29 is 32.6 Å². The van der Waals surface area contributed by atoms with Gasteiger partial charge in [-0.2, -0.15) is 13.2 Å². The Balaban J connectivity index is 1.67. The van der Waals surface area contributed by atoms with E-state index in [1.165, 1.54) is 12.4 Å². The molecular weight excluding hydrogens is 479 g/mol. The highest BCUT2D eigenvalue weighted by molar-refractivity contribution is 6.09. The first kappa shape index (κ1) is 25.4. The van der Waals surface area contributed by atoms with E-state index in [0.29, 0.717) is 37.1 Å². The summed E-state index contributed by atoms with van der Waals surface area (Å²) < 4.78 is 45.9. The largest absolute Gasteiger partial charge is 0.493 e. The van der Waals surface area contributed by atoms with Gasteiger partial charge in [0.1, 0.15) is 29.9 Å². The maximum Gasteiger partial charge on any atom is 0.416 e. The van der Waals surface area contributed by atoms with Crippen molar-refractivity contribution in [2.75, 3.05) is 26.3 Å². The van der Waals surface area contributed by atoms with Gasteiger partial charge in [0, 0.05) is 30.4 Å². The molecule has 1 aliphatic rings. The van der Waals surface area contributed by atoms with Gasteiger partial charge in [0.05, 0.1) is 23.3 Å². The average Bonchev–Trinajstić information content (AvgIpc) is 3.19. The number of ether oxygens (including phenoxy) is 1. The summed E-state index contributed by atoms with van der Waals surface area (Å²) in [6, 6.07) is 3.00. The van der Waals surface area contributed by atoms with Crippen LogP contribution >= 0.6 is 0 Å². The van der Waals surface area contributed by atoms with Gasteiger partial charge >= 0.3 is 6.18 Å². The number of carbonyl (C=O) groups is 2. The Morgan fingerprint density at radius 1 is 1.25 bits per heavy atom. The fourth-order valence-corrected chi connectivity index (χ4v) is 4.41. The molecule has 0 unspecified atom stereocenters. The second-order valence-electron chi connectivity index (χ2n) is 8.50. The van der Waals surface area contributed by atoms with E-state index in [-0.39, 0.29) is 52.6 Å². The predicted octanol–water partition coefficient (Wildman–Crippen LogP) is 3.06. The van der Waals surface area contributed by atoms with Gasteiger partial charge in [0.25, 0.3) is 5.91 Å². The van der Waals surface area contributed by atoms with Crippen LogP contribution in [0.25, 0.3) is 22.3 Å². The number of aliphatic hydroxyl groups excluding tert-OH is 1. The minimum Gasteiger partial charge on any atom is -0.493 e. The summed E-state index contributed by atoms with van der Waals surface area (Å²) in [6.07, 6.45) is -2.29. The molecule has 0 bridgehead atoms. The molecule has 2 aromatic heterocycles. The highest BCUT2D eigenvalue weighted by atomic mass is 19.4. The zero-order valence-corrected chi connectivity index (χ0v) is 19.8.